The van der Waals surface area contributed by atoms with Crippen molar-refractivity contribution in [2.24, 2.45) is 0 Å². The standard InChI is InChI=1S/C61H45BN2O2S2/c1-36-29-52-60-53(30-36)64(43-21-26-54-55(35-43)66-28-27-65-54)51-25-18-41(61(2,3)4)34-49(51)62(60)48-31-38(40-16-23-47-45-10-6-8-12-57(45)68-59(47)33-40)17-24-50(48)63(52)42-19-13-37(14-20-42)39-15-22-46-44-9-5-7-11-56(44)67-58(46)32-39/h5-26,29-35H,27-28H2,1-4H3. The van der Waals surface area contributed by atoms with Crippen molar-refractivity contribution in [3.63, 3.8) is 0 Å². The van der Waals surface area contributed by atoms with Crippen molar-refractivity contribution in [1.29, 1.82) is 0 Å². The van der Waals surface area contributed by atoms with Gasteiger partial charge in [-0.15, -0.1) is 22.7 Å². The van der Waals surface area contributed by atoms with Gasteiger partial charge < -0.3 is 19.3 Å². The summed E-state index contributed by atoms with van der Waals surface area (Å²) in [6.45, 7) is 10.3. The van der Waals surface area contributed by atoms with Crippen LogP contribution in [0.1, 0.15) is 31.9 Å². The molecule has 9 aromatic carbocycles. The highest BCUT2D eigenvalue weighted by Gasteiger charge is 2.44. The number of fused-ring (bicyclic) bond motifs is 11. The third kappa shape index (κ3) is 6.12. The predicted molar refractivity (Wildman–Crippen MR) is 292 cm³/mol. The average molecular weight is 913 g/mol. The number of aryl methyl sites for hydroxylation is 1. The molecule has 0 saturated heterocycles. The summed E-state index contributed by atoms with van der Waals surface area (Å²) in [5.41, 5.74) is 18.2. The van der Waals surface area contributed by atoms with Gasteiger partial charge in [0.25, 0.3) is 6.71 Å². The van der Waals surface area contributed by atoms with Gasteiger partial charge in [-0.1, -0.05) is 118 Å². The van der Waals surface area contributed by atoms with E-state index in [4.69, 9.17) is 9.47 Å². The summed E-state index contributed by atoms with van der Waals surface area (Å²) in [6.07, 6.45) is 0. The van der Waals surface area contributed by atoms with Gasteiger partial charge in [-0.3, -0.25) is 0 Å². The van der Waals surface area contributed by atoms with E-state index in [0.29, 0.717) is 13.2 Å². The van der Waals surface area contributed by atoms with Crippen LogP contribution in [0, 0.1) is 6.92 Å². The smallest absolute Gasteiger partial charge is 0.252 e. The molecule has 0 bridgehead atoms. The first-order valence-corrected chi connectivity index (χ1v) is 25.2. The highest BCUT2D eigenvalue weighted by Crippen LogP contribution is 2.48. The molecule has 326 valence electrons. The third-order valence-corrected chi connectivity index (χ3v) is 16.7. The van der Waals surface area contributed by atoms with Gasteiger partial charge in [0, 0.05) is 74.8 Å². The fraction of sp³-hybridized carbons (Fsp3) is 0.115. The Hall–Kier alpha value is -7.32. The van der Waals surface area contributed by atoms with Crippen LogP contribution in [-0.4, -0.2) is 19.9 Å². The highest BCUT2D eigenvalue weighted by molar-refractivity contribution is 7.26. The van der Waals surface area contributed by atoms with Crippen molar-refractivity contribution in [2.75, 3.05) is 23.0 Å². The number of ether oxygens (including phenoxy) is 2. The summed E-state index contributed by atoms with van der Waals surface area (Å²) < 4.78 is 17.6. The average Bonchev–Trinajstić information content (AvgIpc) is 3.93. The van der Waals surface area contributed by atoms with E-state index in [2.05, 4.69) is 213 Å². The molecule has 11 aromatic rings. The fourth-order valence-corrected chi connectivity index (χ4v) is 13.4. The predicted octanol–water partition coefficient (Wildman–Crippen LogP) is 15.2. The Kier molecular flexibility index (Phi) is 8.69. The van der Waals surface area contributed by atoms with Gasteiger partial charge >= 0.3 is 0 Å². The Bertz CT molecular complexity index is 3900. The SMILES string of the molecule is Cc1cc2c3c(c1)N(c1ccc4c(c1)OCCO4)c1ccc(C(C)(C)C)cc1B3c1cc(-c3ccc4c(c3)sc3ccccc34)ccc1N2c1ccc(-c2ccc3c(c2)sc2ccccc23)cc1. The second-order valence-electron chi connectivity index (χ2n) is 19.6. The Labute approximate surface area is 404 Å². The monoisotopic (exact) mass is 912 g/mol. The van der Waals surface area contributed by atoms with Gasteiger partial charge in [0.1, 0.15) is 13.2 Å². The topological polar surface area (TPSA) is 24.9 Å². The van der Waals surface area contributed by atoms with Gasteiger partial charge in [0.15, 0.2) is 11.5 Å². The zero-order chi connectivity index (χ0) is 45.4. The van der Waals surface area contributed by atoms with Crippen LogP contribution in [0.4, 0.5) is 34.1 Å². The second-order valence-corrected chi connectivity index (χ2v) is 21.8. The number of hydrogen-bond acceptors (Lipinski definition) is 6. The van der Waals surface area contributed by atoms with Gasteiger partial charge in [0.05, 0.1) is 5.69 Å². The van der Waals surface area contributed by atoms with Crippen molar-refractivity contribution in [3.05, 3.63) is 187 Å². The minimum atomic E-state index is -0.0540. The lowest BCUT2D eigenvalue weighted by molar-refractivity contribution is 0.171. The summed E-state index contributed by atoms with van der Waals surface area (Å²) in [4.78, 5) is 4.99. The molecule has 4 nitrogen and oxygen atoms in total. The maximum absolute atomic E-state index is 6.23. The summed E-state index contributed by atoms with van der Waals surface area (Å²) >= 11 is 3.75. The Morgan fingerprint density at radius 1 is 0.441 bits per heavy atom. The molecule has 0 unspecified atom stereocenters. The molecule has 0 saturated carbocycles. The van der Waals surface area contributed by atoms with Gasteiger partial charge in [-0.2, -0.15) is 0 Å². The maximum atomic E-state index is 6.23. The van der Waals surface area contributed by atoms with Crippen LogP contribution >= 0.6 is 22.7 Å². The van der Waals surface area contributed by atoms with E-state index < -0.39 is 0 Å². The largest absolute Gasteiger partial charge is 0.486 e. The van der Waals surface area contributed by atoms with Crippen molar-refractivity contribution < 1.29 is 9.47 Å². The fourth-order valence-electron chi connectivity index (χ4n) is 11.1. The first-order valence-electron chi connectivity index (χ1n) is 23.6. The Morgan fingerprint density at radius 2 is 0.956 bits per heavy atom. The first kappa shape index (κ1) is 39.8. The molecule has 0 aliphatic carbocycles. The number of rotatable bonds is 4. The number of benzene rings is 9. The molecule has 0 fully saturated rings. The minimum absolute atomic E-state index is 0.0297. The molecule has 0 amide bonds. The number of anilines is 6. The molecular weight excluding hydrogens is 868 g/mol. The van der Waals surface area contributed by atoms with Gasteiger partial charge in [0.2, 0.25) is 0 Å². The zero-order valence-corrected chi connectivity index (χ0v) is 39.9. The van der Waals surface area contributed by atoms with E-state index >= 15 is 0 Å². The summed E-state index contributed by atoms with van der Waals surface area (Å²) in [5.74, 6) is 1.57. The van der Waals surface area contributed by atoms with E-state index in [1.165, 1.54) is 113 Å². The second kappa shape index (κ2) is 14.8. The van der Waals surface area contributed by atoms with E-state index in [0.717, 1.165) is 22.9 Å². The molecule has 0 atom stereocenters. The van der Waals surface area contributed by atoms with Crippen LogP contribution in [0.5, 0.6) is 11.5 Å². The van der Waals surface area contributed by atoms with Gasteiger partial charge in [-0.25, -0.2) is 0 Å². The van der Waals surface area contributed by atoms with E-state index in [1.54, 1.807) is 0 Å². The molecular formula is C61H45BN2O2S2. The highest BCUT2D eigenvalue weighted by atomic mass is 32.1. The molecule has 5 heterocycles. The van der Waals surface area contributed by atoms with E-state index in [1.807, 2.05) is 22.7 Å². The molecule has 3 aliphatic rings. The number of hydrogen-bond donors (Lipinski definition) is 0. The van der Waals surface area contributed by atoms with Crippen molar-refractivity contribution in [1.82, 2.24) is 0 Å². The lowest BCUT2D eigenvalue weighted by Crippen LogP contribution is -2.61. The maximum Gasteiger partial charge on any atom is 0.252 e. The third-order valence-electron chi connectivity index (χ3n) is 14.4. The van der Waals surface area contributed by atoms with Crippen LogP contribution in [0.3, 0.4) is 0 Å². The summed E-state index contributed by atoms with van der Waals surface area (Å²) in [7, 11) is 0. The van der Waals surface area contributed by atoms with E-state index in [-0.39, 0.29) is 12.1 Å². The molecule has 0 radical (unpaired) electrons. The normalized spacial score (nSPS) is 13.9. The summed E-state index contributed by atoms with van der Waals surface area (Å²) in [5, 5.41) is 5.28. The molecule has 0 N–H and O–H groups in total. The molecule has 2 aromatic heterocycles. The van der Waals surface area contributed by atoms with Crippen molar-refractivity contribution in [2.45, 2.75) is 33.1 Å². The quantitative estimate of drug-likeness (QED) is 0.164. The van der Waals surface area contributed by atoms with Crippen LogP contribution in [0.25, 0.3) is 62.6 Å². The van der Waals surface area contributed by atoms with Gasteiger partial charge in [-0.05, 0) is 135 Å². The molecule has 7 heteroatoms. The lowest BCUT2D eigenvalue weighted by atomic mass is 9.33. The summed E-state index contributed by atoms with van der Waals surface area (Å²) in [6, 6.07) is 66.3. The number of nitrogens with zero attached hydrogens (tertiary/aromatic N) is 2. The van der Waals surface area contributed by atoms with E-state index in [9.17, 15) is 0 Å². The molecule has 68 heavy (non-hydrogen) atoms. The van der Waals surface area contributed by atoms with Crippen LogP contribution in [0.2, 0.25) is 0 Å². The lowest BCUT2D eigenvalue weighted by Gasteiger charge is -2.45. The van der Waals surface area contributed by atoms with Crippen molar-refractivity contribution in [3.8, 4) is 33.8 Å². The number of thiophene rings is 2. The molecule has 0 spiro atoms. The minimum Gasteiger partial charge on any atom is -0.486 e. The van der Waals surface area contributed by atoms with Crippen LogP contribution in [0.15, 0.2) is 176 Å². The van der Waals surface area contributed by atoms with Crippen LogP contribution in [-0.2, 0) is 5.41 Å². The van der Waals surface area contributed by atoms with Crippen LogP contribution < -0.4 is 35.7 Å². The Morgan fingerprint density at radius 3 is 1.62 bits per heavy atom. The molecule has 14 rings (SSSR count). The molecule has 3 aliphatic heterocycles. The Balaban J connectivity index is 0.985. The zero-order valence-electron chi connectivity index (χ0n) is 38.3. The van der Waals surface area contributed by atoms with Crippen molar-refractivity contribution >= 4 is 120 Å². The first-order chi connectivity index (χ1) is 33.2.